The van der Waals surface area contributed by atoms with Crippen molar-refractivity contribution in [1.82, 2.24) is 14.5 Å². The number of carbonyl (C=O) groups is 1. The fourth-order valence-electron chi connectivity index (χ4n) is 1.82. The highest BCUT2D eigenvalue weighted by molar-refractivity contribution is 5.96. The van der Waals surface area contributed by atoms with Gasteiger partial charge >= 0.3 is 5.69 Å². The molecule has 0 aromatic carbocycles. The van der Waals surface area contributed by atoms with E-state index in [2.05, 4.69) is 4.98 Å². The van der Waals surface area contributed by atoms with Crippen molar-refractivity contribution in [3.8, 4) is 0 Å². The third-order valence-electron chi connectivity index (χ3n) is 3.31. The van der Waals surface area contributed by atoms with E-state index in [1.807, 2.05) is 18.7 Å². The van der Waals surface area contributed by atoms with Crippen LogP contribution in [-0.2, 0) is 11.8 Å². The van der Waals surface area contributed by atoms with Crippen LogP contribution in [0.3, 0.4) is 0 Å². The first-order chi connectivity index (χ1) is 9.33. The summed E-state index contributed by atoms with van der Waals surface area (Å²) in [5.41, 5.74) is 4.47. The first-order valence-corrected chi connectivity index (χ1v) is 6.41. The molecule has 1 rings (SSSR count). The molecule has 1 heterocycles. The lowest BCUT2D eigenvalue weighted by Gasteiger charge is -2.23. The number of hydrogen-bond acceptors (Lipinski definition) is 5. The van der Waals surface area contributed by atoms with E-state index in [1.54, 1.807) is 0 Å². The molecule has 1 amide bonds. The molecule has 0 unspecified atom stereocenters. The Hall–Kier alpha value is -1.80. The number of nitrogen functional groups attached to an aromatic ring is 1. The molecule has 9 heteroatoms. The van der Waals surface area contributed by atoms with Crippen LogP contribution in [0, 0.1) is 0 Å². The van der Waals surface area contributed by atoms with Gasteiger partial charge in [0.25, 0.3) is 5.56 Å². The van der Waals surface area contributed by atoms with E-state index >= 15 is 0 Å². The van der Waals surface area contributed by atoms with Crippen LogP contribution in [0.1, 0.15) is 13.8 Å². The smallest absolute Gasteiger partial charge is 0.329 e. The second kappa shape index (κ2) is 7.84. The van der Waals surface area contributed by atoms with Gasteiger partial charge in [-0.25, -0.2) is 4.79 Å². The van der Waals surface area contributed by atoms with Crippen LogP contribution in [0.2, 0.25) is 0 Å². The van der Waals surface area contributed by atoms with Gasteiger partial charge in [0.15, 0.2) is 5.69 Å². The van der Waals surface area contributed by atoms with Crippen LogP contribution in [0.25, 0.3) is 0 Å². The highest BCUT2D eigenvalue weighted by Gasteiger charge is 2.20. The first-order valence-electron chi connectivity index (χ1n) is 6.41. The highest BCUT2D eigenvalue weighted by atomic mass is 35.5. The van der Waals surface area contributed by atoms with Gasteiger partial charge in [0.2, 0.25) is 5.91 Å². The average Bonchev–Trinajstić information content (AvgIpc) is 2.41. The molecule has 0 atom stereocenters. The van der Waals surface area contributed by atoms with Crippen molar-refractivity contribution in [2.24, 2.45) is 7.05 Å². The fourth-order valence-corrected chi connectivity index (χ4v) is 1.82. The molecule has 1 aromatic rings. The van der Waals surface area contributed by atoms with Crippen molar-refractivity contribution in [2.45, 2.75) is 13.8 Å². The number of carbonyl (C=O) groups excluding carboxylic acids is 1. The molecule has 0 aliphatic heterocycles. The maximum absolute atomic E-state index is 12.2. The summed E-state index contributed by atoms with van der Waals surface area (Å²) in [7, 11) is 2.90. The summed E-state index contributed by atoms with van der Waals surface area (Å²) >= 11 is 0. The molecule has 120 valence electrons. The SMILES string of the molecule is CCN(CC)CC(=O)N(C)c1c(N)n(C)c(=O)[nH]c1=O.Cl. The van der Waals surface area contributed by atoms with Crippen LogP contribution in [0.5, 0.6) is 0 Å². The number of hydrogen-bond donors (Lipinski definition) is 2. The summed E-state index contributed by atoms with van der Waals surface area (Å²) in [5, 5.41) is 0. The van der Waals surface area contributed by atoms with Crippen LogP contribution in [-0.4, -0.2) is 47.0 Å². The average molecular weight is 320 g/mol. The molecule has 1 aromatic heterocycles. The van der Waals surface area contributed by atoms with Gasteiger partial charge in [-0.05, 0) is 13.1 Å². The number of nitrogens with two attached hydrogens (primary N) is 1. The van der Waals surface area contributed by atoms with Crippen molar-refractivity contribution >= 4 is 29.8 Å². The normalized spacial score (nSPS) is 10.3. The Labute approximate surface area is 128 Å². The van der Waals surface area contributed by atoms with E-state index in [4.69, 9.17) is 5.73 Å². The summed E-state index contributed by atoms with van der Waals surface area (Å²) in [6.07, 6.45) is 0. The molecular formula is C12H22ClN5O3. The predicted octanol–water partition coefficient (Wildman–Crippen LogP) is -0.618. The number of likely N-dealkylation sites (N-methyl/N-ethyl adjacent to an activating group) is 2. The molecule has 21 heavy (non-hydrogen) atoms. The summed E-state index contributed by atoms with van der Waals surface area (Å²) < 4.78 is 1.10. The lowest BCUT2D eigenvalue weighted by atomic mass is 10.3. The zero-order valence-corrected chi connectivity index (χ0v) is 13.5. The van der Waals surface area contributed by atoms with E-state index in [-0.39, 0.29) is 36.4 Å². The van der Waals surface area contributed by atoms with Gasteiger partial charge in [-0.1, -0.05) is 13.8 Å². The van der Waals surface area contributed by atoms with Crippen LogP contribution in [0.15, 0.2) is 9.59 Å². The monoisotopic (exact) mass is 319 g/mol. The molecule has 8 nitrogen and oxygen atoms in total. The number of halogens is 1. The number of aromatic amines is 1. The van der Waals surface area contributed by atoms with Crippen molar-refractivity contribution in [2.75, 3.05) is 37.3 Å². The number of H-pyrrole nitrogens is 1. The maximum Gasteiger partial charge on any atom is 0.329 e. The van der Waals surface area contributed by atoms with E-state index in [0.717, 1.165) is 17.7 Å². The summed E-state index contributed by atoms with van der Waals surface area (Å²) in [6.45, 7) is 5.55. The number of anilines is 2. The molecule has 0 saturated heterocycles. The number of amides is 1. The maximum atomic E-state index is 12.2. The standard InChI is InChI=1S/C12H21N5O3.ClH/c1-5-17(6-2)7-8(18)15(3)9-10(13)16(4)12(20)14-11(9)19;/h5-7,13H2,1-4H3,(H,14,19,20);1H. The molecule has 0 aliphatic rings. The van der Waals surface area contributed by atoms with Crippen LogP contribution < -0.4 is 21.9 Å². The number of rotatable bonds is 5. The zero-order valence-electron chi connectivity index (χ0n) is 12.7. The Morgan fingerprint density at radius 1 is 1.29 bits per heavy atom. The zero-order chi connectivity index (χ0) is 15.4. The minimum absolute atomic E-state index is 0. The Balaban J connectivity index is 0.00000400. The predicted molar refractivity (Wildman–Crippen MR) is 85.2 cm³/mol. The lowest BCUT2D eigenvalue weighted by molar-refractivity contribution is -0.119. The number of nitrogens with zero attached hydrogens (tertiary/aromatic N) is 3. The van der Waals surface area contributed by atoms with Crippen molar-refractivity contribution < 1.29 is 4.79 Å². The minimum atomic E-state index is -0.666. The third kappa shape index (κ3) is 4.08. The van der Waals surface area contributed by atoms with Gasteiger partial charge in [0.1, 0.15) is 5.82 Å². The molecule has 0 aliphatic carbocycles. The van der Waals surface area contributed by atoms with E-state index < -0.39 is 11.2 Å². The van der Waals surface area contributed by atoms with Gasteiger partial charge in [-0.2, -0.15) is 0 Å². The topological polar surface area (TPSA) is 104 Å². The molecular weight excluding hydrogens is 298 g/mol. The summed E-state index contributed by atoms with van der Waals surface area (Å²) in [5.74, 6) is -0.293. The Kier molecular flexibility index (Phi) is 7.17. The van der Waals surface area contributed by atoms with Gasteiger partial charge in [-0.15, -0.1) is 12.4 Å². The van der Waals surface area contributed by atoms with Gasteiger partial charge in [0, 0.05) is 14.1 Å². The number of nitrogens with one attached hydrogen (secondary N) is 1. The van der Waals surface area contributed by atoms with Crippen molar-refractivity contribution in [1.29, 1.82) is 0 Å². The molecule has 0 fully saturated rings. The molecule has 0 spiro atoms. The van der Waals surface area contributed by atoms with Crippen LogP contribution >= 0.6 is 12.4 Å². The van der Waals surface area contributed by atoms with E-state index in [1.165, 1.54) is 19.0 Å². The van der Waals surface area contributed by atoms with Crippen molar-refractivity contribution in [3.05, 3.63) is 20.8 Å². The Morgan fingerprint density at radius 2 is 1.81 bits per heavy atom. The summed E-state index contributed by atoms with van der Waals surface area (Å²) in [4.78, 5) is 40.6. The molecule has 0 radical (unpaired) electrons. The first kappa shape index (κ1) is 19.2. The largest absolute Gasteiger partial charge is 0.383 e. The molecule has 3 N–H and O–H groups in total. The van der Waals surface area contributed by atoms with Crippen LogP contribution in [0.4, 0.5) is 11.5 Å². The fraction of sp³-hybridized carbons (Fsp3) is 0.583. The second-order valence-corrected chi connectivity index (χ2v) is 4.47. The van der Waals surface area contributed by atoms with E-state index in [0.29, 0.717) is 0 Å². The van der Waals surface area contributed by atoms with E-state index in [9.17, 15) is 14.4 Å². The number of aromatic nitrogens is 2. The quantitative estimate of drug-likeness (QED) is 0.753. The van der Waals surface area contributed by atoms with Crippen molar-refractivity contribution in [3.63, 3.8) is 0 Å². The van der Waals surface area contributed by atoms with Gasteiger partial charge < -0.3 is 10.6 Å². The Bertz CT molecular complexity index is 606. The second-order valence-electron chi connectivity index (χ2n) is 4.47. The Morgan fingerprint density at radius 3 is 2.29 bits per heavy atom. The van der Waals surface area contributed by atoms with Gasteiger partial charge in [0.05, 0.1) is 6.54 Å². The molecule has 0 bridgehead atoms. The highest BCUT2D eigenvalue weighted by Crippen LogP contribution is 2.13. The minimum Gasteiger partial charge on any atom is -0.383 e. The third-order valence-corrected chi connectivity index (χ3v) is 3.31. The molecule has 0 saturated carbocycles. The lowest BCUT2D eigenvalue weighted by Crippen LogP contribution is -2.43. The van der Waals surface area contributed by atoms with Gasteiger partial charge in [-0.3, -0.25) is 24.0 Å². The summed E-state index contributed by atoms with van der Waals surface area (Å²) in [6, 6.07) is 0.